The van der Waals surface area contributed by atoms with Crippen LogP contribution >= 0.6 is 0 Å². The second-order valence-electron chi connectivity index (χ2n) is 4.82. The van der Waals surface area contributed by atoms with Gasteiger partial charge in [-0.05, 0) is 43.7 Å². The van der Waals surface area contributed by atoms with E-state index in [9.17, 15) is 0 Å². The fourth-order valence-corrected chi connectivity index (χ4v) is 2.38. The molecule has 0 saturated heterocycles. The summed E-state index contributed by atoms with van der Waals surface area (Å²) >= 11 is 0. The molecule has 17 heavy (non-hydrogen) atoms. The van der Waals surface area contributed by atoms with E-state index in [0.29, 0.717) is 12.0 Å². The van der Waals surface area contributed by atoms with Crippen LogP contribution in [0.25, 0.3) is 0 Å². The summed E-state index contributed by atoms with van der Waals surface area (Å²) in [5.41, 5.74) is 7.56. The third-order valence-corrected chi connectivity index (χ3v) is 3.52. The highest BCUT2D eigenvalue weighted by atomic mass is 14.9. The smallest absolute Gasteiger partial charge is 0.101 e. The van der Waals surface area contributed by atoms with E-state index >= 15 is 0 Å². The molecule has 0 amide bonds. The van der Waals surface area contributed by atoms with Gasteiger partial charge in [-0.3, -0.25) is 0 Å². The Bertz CT molecular complexity index is 400. The minimum Gasteiger partial charge on any atom is -0.384 e. The molecule has 1 aromatic carbocycles. The van der Waals surface area contributed by atoms with Gasteiger partial charge in [-0.15, -0.1) is 0 Å². The van der Waals surface area contributed by atoms with Crippen LogP contribution in [-0.2, 0) is 0 Å². The van der Waals surface area contributed by atoms with Crippen molar-refractivity contribution in [2.75, 3.05) is 11.9 Å². The summed E-state index contributed by atoms with van der Waals surface area (Å²) in [7, 11) is 0. The molecule has 1 fully saturated rings. The van der Waals surface area contributed by atoms with Crippen LogP contribution in [-0.4, -0.2) is 12.6 Å². The van der Waals surface area contributed by atoms with Crippen molar-refractivity contribution in [1.29, 1.82) is 5.26 Å². The summed E-state index contributed by atoms with van der Waals surface area (Å²) in [5, 5.41) is 12.4. The first-order chi connectivity index (χ1) is 8.29. The molecule has 1 saturated carbocycles. The molecule has 2 rings (SSSR count). The van der Waals surface area contributed by atoms with E-state index in [2.05, 4.69) is 11.4 Å². The van der Waals surface area contributed by atoms with Gasteiger partial charge in [-0.1, -0.05) is 12.1 Å². The number of anilines is 1. The summed E-state index contributed by atoms with van der Waals surface area (Å²) < 4.78 is 0. The van der Waals surface area contributed by atoms with Crippen molar-refractivity contribution in [2.24, 2.45) is 11.7 Å². The zero-order valence-electron chi connectivity index (χ0n) is 10.0. The molecule has 0 radical (unpaired) electrons. The molecule has 3 N–H and O–H groups in total. The third kappa shape index (κ3) is 3.21. The molecule has 0 bridgehead atoms. The van der Waals surface area contributed by atoms with Crippen LogP contribution in [0, 0.1) is 17.2 Å². The predicted molar refractivity (Wildman–Crippen MR) is 69.6 cm³/mol. The van der Waals surface area contributed by atoms with Crippen molar-refractivity contribution in [3.8, 4) is 6.07 Å². The standard InChI is InChI=1S/C14H19N3/c15-9-12-3-1-2-4-14(12)17-10-11-5-7-13(16)8-6-11/h1-4,11,13,17H,5-8,10,16H2. The van der Waals surface area contributed by atoms with Gasteiger partial charge in [0.1, 0.15) is 6.07 Å². The van der Waals surface area contributed by atoms with E-state index in [-0.39, 0.29) is 0 Å². The monoisotopic (exact) mass is 229 g/mol. The van der Waals surface area contributed by atoms with Gasteiger partial charge in [0, 0.05) is 12.6 Å². The van der Waals surface area contributed by atoms with Crippen LogP contribution in [0.1, 0.15) is 31.2 Å². The van der Waals surface area contributed by atoms with Gasteiger partial charge in [0.2, 0.25) is 0 Å². The summed E-state index contributed by atoms with van der Waals surface area (Å²) in [6.07, 6.45) is 4.66. The molecule has 0 heterocycles. The van der Waals surface area contributed by atoms with Gasteiger partial charge in [-0.2, -0.15) is 5.26 Å². The summed E-state index contributed by atoms with van der Waals surface area (Å²) in [5.74, 6) is 0.696. The summed E-state index contributed by atoms with van der Waals surface area (Å²) in [6.45, 7) is 0.950. The fraction of sp³-hybridized carbons (Fsp3) is 0.500. The Kier molecular flexibility index (Phi) is 4.00. The maximum Gasteiger partial charge on any atom is 0.101 e. The average Bonchev–Trinajstić information content (AvgIpc) is 2.38. The number of benzene rings is 1. The Morgan fingerprint density at radius 2 is 1.94 bits per heavy atom. The molecule has 0 atom stereocenters. The largest absolute Gasteiger partial charge is 0.384 e. The molecule has 90 valence electrons. The zero-order chi connectivity index (χ0) is 12.1. The lowest BCUT2D eigenvalue weighted by Gasteiger charge is -2.26. The zero-order valence-corrected chi connectivity index (χ0v) is 10.0. The second-order valence-corrected chi connectivity index (χ2v) is 4.82. The van der Waals surface area contributed by atoms with Crippen LogP contribution in [0.2, 0.25) is 0 Å². The topological polar surface area (TPSA) is 61.8 Å². The maximum atomic E-state index is 8.98. The Hall–Kier alpha value is -1.53. The first kappa shape index (κ1) is 11.9. The van der Waals surface area contributed by atoms with E-state index < -0.39 is 0 Å². The van der Waals surface area contributed by atoms with Crippen LogP contribution < -0.4 is 11.1 Å². The highest BCUT2D eigenvalue weighted by Crippen LogP contribution is 2.24. The summed E-state index contributed by atoms with van der Waals surface area (Å²) in [6, 6.07) is 10.3. The average molecular weight is 229 g/mol. The molecule has 0 spiro atoms. The van der Waals surface area contributed by atoms with E-state index in [1.54, 1.807) is 0 Å². The lowest BCUT2D eigenvalue weighted by atomic mass is 9.86. The Balaban J connectivity index is 1.88. The van der Waals surface area contributed by atoms with Gasteiger partial charge in [0.05, 0.1) is 11.3 Å². The molecule has 3 heteroatoms. The van der Waals surface area contributed by atoms with Crippen molar-refractivity contribution >= 4 is 5.69 Å². The second kappa shape index (κ2) is 5.70. The molecule has 3 nitrogen and oxygen atoms in total. The maximum absolute atomic E-state index is 8.98. The van der Waals surface area contributed by atoms with Crippen molar-refractivity contribution in [3.05, 3.63) is 29.8 Å². The van der Waals surface area contributed by atoms with E-state index in [0.717, 1.165) is 30.6 Å². The number of rotatable bonds is 3. The normalized spacial score (nSPS) is 24.0. The van der Waals surface area contributed by atoms with Crippen LogP contribution in [0.15, 0.2) is 24.3 Å². The predicted octanol–water partition coefficient (Wildman–Crippen LogP) is 2.49. The molecular formula is C14H19N3. The quantitative estimate of drug-likeness (QED) is 0.837. The van der Waals surface area contributed by atoms with Gasteiger partial charge in [0.25, 0.3) is 0 Å². The van der Waals surface area contributed by atoms with Crippen LogP contribution in [0.5, 0.6) is 0 Å². The van der Waals surface area contributed by atoms with Crippen LogP contribution in [0.4, 0.5) is 5.69 Å². The first-order valence-electron chi connectivity index (χ1n) is 6.28. The lowest BCUT2D eigenvalue weighted by Crippen LogP contribution is -2.29. The van der Waals surface area contributed by atoms with Gasteiger partial charge >= 0.3 is 0 Å². The SMILES string of the molecule is N#Cc1ccccc1NCC1CCC(N)CC1. The molecule has 0 aromatic heterocycles. The molecule has 1 aliphatic carbocycles. The number of hydrogen-bond donors (Lipinski definition) is 2. The first-order valence-corrected chi connectivity index (χ1v) is 6.28. The minimum absolute atomic E-state index is 0.401. The van der Waals surface area contributed by atoms with Crippen LogP contribution in [0.3, 0.4) is 0 Å². The number of nitrogens with one attached hydrogen (secondary N) is 1. The molecule has 0 unspecified atom stereocenters. The molecule has 0 aliphatic heterocycles. The highest BCUT2D eigenvalue weighted by Gasteiger charge is 2.18. The van der Waals surface area contributed by atoms with Gasteiger partial charge in [-0.25, -0.2) is 0 Å². The number of para-hydroxylation sites is 1. The Labute approximate surface area is 103 Å². The number of nitrogens with two attached hydrogens (primary N) is 1. The Morgan fingerprint density at radius 1 is 1.24 bits per heavy atom. The minimum atomic E-state index is 0.401. The lowest BCUT2D eigenvalue weighted by molar-refractivity contribution is 0.339. The molecular weight excluding hydrogens is 210 g/mol. The molecule has 1 aromatic rings. The number of nitrogens with zero attached hydrogens (tertiary/aromatic N) is 1. The van der Waals surface area contributed by atoms with Crippen molar-refractivity contribution in [2.45, 2.75) is 31.7 Å². The van der Waals surface area contributed by atoms with E-state index in [1.807, 2.05) is 24.3 Å². The van der Waals surface area contributed by atoms with E-state index in [4.69, 9.17) is 11.0 Å². The number of hydrogen-bond acceptors (Lipinski definition) is 3. The molecule has 1 aliphatic rings. The fourth-order valence-electron chi connectivity index (χ4n) is 2.38. The Morgan fingerprint density at radius 3 is 2.65 bits per heavy atom. The van der Waals surface area contributed by atoms with Crippen molar-refractivity contribution in [3.63, 3.8) is 0 Å². The van der Waals surface area contributed by atoms with E-state index in [1.165, 1.54) is 12.8 Å². The van der Waals surface area contributed by atoms with Crippen molar-refractivity contribution < 1.29 is 0 Å². The third-order valence-electron chi connectivity index (χ3n) is 3.52. The highest BCUT2D eigenvalue weighted by molar-refractivity contribution is 5.57. The van der Waals surface area contributed by atoms with Gasteiger partial charge in [0.15, 0.2) is 0 Å². The van der Waals surface area contributed by atoms with Gasteiger partial charge < -0.3 is 11.1 Å². The number of nitriles is 1. The summed E-state index contributed by atoms with van der Waals surface area (Å²) in [4.78, 5) is 0. The van der Waals surface area contributed by atoms with Crippen molar-refractivity contribution in [1.82, 2.24) is 0 Å².